The number of anilines is 1. The highest BCUT2D eigenvalue weighted by Gasteiger charge is 2.45. The van der Waals surface area contributed by atoms with Crippen LogP contribution in [0.1, 0.15) is 65.7 Å². The van der Waals surface area contributed by atoms with E-state index >= 15 is 0 Å². The summed E-state index contributed by atoms with van der Waals surface area (Å²) in [6.07, 6.45) is 3.18. The molecule has 0 spiro atoms. The van der Waals surface area contributed by atoms with Crippen LogP contribution < -0.4 is 10.2 Å². The normalized spacial score (nSPS) is 21.7. The summed E-state index contributed by atoms with van der Waals surface area (Å²) in [5.74, 6) is -3.61. The lowest BCUT2D eigenvalue weighted by Crippen LogP contribution is -2.54. The number of halogens is 1. The molecule has 2 saturated heterocycles. The lowest BCUT2D eigenvalue weighted by molar-refractivity contribution is -0.138. The van der Waals surface area contributed by atoms with E-state index in [9.17, 15) is 28.4 Å². The Balaban J connectivity index is 1.48. The number of carboxylic acid groups (broad SMARTS) is 1. The minimum absolute atomic E-state index is 0.0187. The van der Waals surface area contributed by atoms with Crippen LogP contribution in [0.25, 0.3) is 0 Å². The van der Waals surface area contributed by atoms with Gasteiger partial charge in [0, 0.05) is 25.9 Å². The van der Waals surface area contributed by atoms with Crippen LogP contribution in [-0.2, 0) is 14.4 Å². The molecule has 2 fully saturated rings. The molecular weight excluding hydrogens is 421 g/mol. The third-order valence-electron chi connectivity index (χ3n) is 6.47. The molecule has 3 aliphatic heterocycles. The molecular formula is C22H24FN3O6. The average Bonchev–Trinajstić information content (AvgIpc) is 2.98. The number of benzene rings is 1. The summed E-state index contributed by atoms with van der Waals surface area (Å²) in [4.78, 5) is 62.6. The Bertz CT molecular complexity index is 1000. The molecule has 0 bridgehead atoms. The van der Waals surface area contributed by atoms with Crippen molar-refractivity contribution in [3.05, 3.63) is 29.1 Å². The molecule has 10 heteroatoms. The number of hydrogen-bond acceptors (Lipinski definition) is 6. The van der Waals surface area contributed by atoms with E-state index in [0.717, 1.165) is 30.2 Å². The van der Waals surface area contributed by atoms with E-state index in [-0.39, 0.29) is 36.1 Å². The lowest BCUT2D eigenvalue weighted by atomic mass is 9.91. The molecule has 0 aromatic heterocycles. The maximum Gasteiger partial charge on any atom is 0.303 e. The number of carboxylic acids is 1. The SMILES string of the molecule is O=C(O)CCCC1CCN(c2cc3c(cc2F)C(=O)N(C2CCC(=O)NC2=O)C3=O)CC1. The second-order valence-corrected chi connectivity index (χ2v) is 8.51. The van der Waals surface area contributed by atoms with Gasteiger partial charge in [-0.15, -0.1) is 0 Å². The zero-order valence-electron chi connectivity index (χ0n) is 17.4. The standard InChI is InChI=1S/C22H24FN3O6/c23-15-10-13-14(22(32)26(21(13)31)16-4-5-18(27)24-20(16)30)11-17(15)25-8-6-12(7-9-25)2-1-3-19(28)29/h10-12,16H,1-9H2,(H,28,29)(H,24,27,30). The molecule has 1 aromatic rings. The van der Waals surface area contributed by atoms with Gasteiger partial charge in [-0.2, -0.15) is 0 Å². The van der Waals surface area contributed by atoms with Crippen LogP contribution in [0.5, 0.6) is 0 Å². The first kappa shape index (κ1) is 21.9. The fourth-order valence-corrected chi connectivity index (χ4v) is 4.73. The Morgan fingerprint density at radius 1 is 1.06 bits per heavy atom. The number of nitrogens with one attached hydrogen (secondary N) is 1. The fraction of sp³-hybridized carbons (Fsp3) is 0.500. The van der Waals surface area contributed by atoms with Crippen LogP contribution >= 0.6 is 0 Å². The number of amides is 4. The number of rotatable bonds is 6. The van der Waals surface area contributed by atoms with Gasteiger partial charge >= 0.3 is 5.97 Å². The number of piperidine rings is 2. The zero-order valence-corrected chi connectivity index (χ0v) is 17.4. The molecule has 3 heterocycles. The molecule has 1 atom stereocenters. The Morgan fingerprint density at radius 2 is 1.72 bits per heavy atom. The minimum atomic E-state index is -1.09. The topological polar surface area (TPSA) is 124 Å². The first-order valence-electron chi connectivity index (χ1n) is 10.8. The molecule has 4 rings (SSSR count). The molecule has 0 radical (unpaired) electrons. The van der Waals surface area contributed by atoms with Gasteiger partial charge in [0.2, 0.25) is 11.8 Å². The van der Waals surface area contributed by atoms with Crippen LogP contribution in [0.4, 0.5) is 10.1 Å². The van der Waals surface area contributed by atoms with E-state index in [2.05, 4.69) is 5.32 Å². The van der Waals surface area contributed by atoms with Gasteiger partial charge in [-0.1, -0.05) is 0 Å². The van der Waals surface area contributed by atoms with Crippen LogP contribution in [-0.4, -0.2) is 58.7 Å². The maximum absolute atomic E-state index is 14.9. The first-order chi connectivity index (χ1) is 15.3. The predicted molar refractivity (Wildman–Crippen MR) is 109 cm³/mol. The van der Waals surface area contributed by atoms with Crippen LogP contribution in [0.15, 0.2) is 12.1 Å². The van der Waals surface area contributed by atoms with Gasteiger partial charge in [0.15, 0.2) is 0 Å². The van der Waals surface area contributed by atoms with Crippen molar-refractivity contribution in [1.82, 2.24) is 10.2 Å². The number of carbonyl (C=O) groups is 5. The third kappa shape index (κ3) is 4.09. The largest absolute Gasteiger partial charge is 0.481 e. The summed E-state index contributed by atoms with van der Waals surface area (Å²) >= 11 is 0. The van der Waals surface area contributed by atoms with Gasteiger partial charge in [-0.05, 0) is 50.2 Å². The molecule has 170 valence electrons. The van der Waals surface area contributed by atoms with E-state index in [1.54, 1.807) is 0 Å². The van der Waals surface area contributed by atoms with E-state index < -0.39 is 41.5 Å². The molecule has 0 aliphatic carbocycles. The monoisotopic (exact) mass is 445 g/mol. The van der Waals surface area contributed by atoms with Crippen LogP contribution in [0.3, 0.4) is 0 Å². The highest BCUT2D eigenvalue weighted by Crippen LogP contribution is 2.34. The summed E-state index contributed by atoms with van der Waals surface area (Å²) in [6, 6.07) is 1.34. The Morgan fingerprint density at radius 3 is 2.34 bits per heavy atom. The minimum Gasteiger partial charge on any atom is -0.481 e. The molecule has 2 N–H and O–H groups in total. The van der Waals surface area contributed by atoms with Crippen molar-refractivity contribution < 1.29 is 33.5 Å². The lowest BCUT2D eigenvalue weighted by Gasteiger charge is -2.34. The van der Waals surface area contributed by atoms with Gasteiger partial charge in [-0.3, -0.25) is 34.2 Å². The Hall–Kier alpha value is -3.30. The summed E-state index contributed by atoms with van der Waals surface area (Å²) in [5, 5.41) is 10.9. The van der Waals surface area contributed by atoms with Crippen molar-refractivity contribution in [1.29, 1.82) is 0 Å². The highest BCUT2D eigenvalue weighted by molar-refractivity contribution is 6.23. The number of imide groups is 2. The molecule has 4 amide bonds. The van der Waals surface area contributed by atoms with E-state index in [0.29, 0.717) is 25.4 Å². The molecule has 9 nitrogen and oxygen atoms in total. The maximum atomic E-state index is 14.9. The highest BCUT2D eigenvalue weighted by atomic mass is 19.1. The quantitative estimate of drug-likeness (QED) is 0.639. The van der Waals surface area contributed by atoms with Crippen molar-refractivity contribution in [2.75, 3.05) is 18.0 Å². The fourth-order valence-electron chi connectivity index (χ4n) is 4.73. The van der Waals surface area contributed by atoms with Gasteiger partial charge in [0.1, 0.15) is 11.9 Å². The summed E-state index contributed by atoms with van der Waals surface area (Å²) in [6.45, 7) is 1.12. The summed E-state index contributed by atoms with van der Waals surface area (Å²) in [7, 11) is 0. The Kier molecular flexibility index (Phi) is 5.94. The van der Waals surface area contributed by atoms with E-state index in [1.165, 1.54) is 6.07 Å². The number of carbonyl (C=O) groups excluding carboxylic acids is 4. The predicted octanol–water partition coefficient (Wildman–Crippen LogP) is 1.70. The summed E-state index contributed by atoms with van der Waals surface area (Å²) in [5.41, 5.74) is 0.211. The van der Waals surface area contributed by atoms with Gasteiger partial charge in [0.05, 0.1) is 16.8 Å². The van der Waals surface area contributed by atoms with Crippen LogP contribution in [0.2, 0.25) is 0 Å². The van der Waals surface area contributed by atoms with Crippen molar-refractivity contribution in [3.63, 3.8) is 0 Å². The van der Waals surface area contributed by atoms with E-state index in [1.807, 2.05) is 4.90 Å². The first-order valence-corrected chi connectivity index (χ1v) is 10.8. The number of nitrogens with zero attached hydrogens (tertiary/aromatic N) is 2. The molecule has 0 saturated carbocycles. The Labute approximate surface area is 183 Å². The average molecular weight is 445 g/mol. The van der Waals surface area contributed by atoms with Crippen molar-refractivity contribution in [2.45, 2.75) is 51.0 Å². The van der Waals surface area contributed by atoms with Crippen LogP contribution in [0, 0.1) is 11.7 Å². The van der Waals surface area contributed by atoms with Crippen molar-refractivity contribution >= 4 is 35.3 Å². The number of hydrogen-bond donors (Lipinski definition) is 2. The summed E-state index contributed by atoms with van der Waals surface area (Å²) < 4.78 is 14.9. The van der Waals surface area contributed by atoms with Gasteiger partial charge in [-0.25, -0.2) is 4.39 Å². The molecule has 32 heavy (non-hydrogen) atoms. The van der Waals surface area contributed by atoms with Gasteiger partial charge in [0.25, 0.3) is 11.8 Å². The zero-order chi connectivity index (χ0) is 23.0. The smallest absolute Gasteiger partial charge is 0.303 e. The van der Waals surface area contributed by atoms with Crippen molar-refractivity contribution in [2.24, 2.45) is 5.92 Å². The van der Waals surface area contributed by atoms with E-state index in [4.69, 9.17) is 5.11 Å². The van der Waals surface area contributed by atoms with Gasteiger partial charge < -0.3 is 10.0 Å². The third-order valence-corrected chi connectivity index (χ3v) is 6.47. The molecule has 1 unspecified atom stereocenters. The second kappa shape index (κ2) is 8.68. The molecule has 1 aromatic carbocycles. The number of aliphatic carboxylic acids is 1. The second-order valence-electron chi connectivity index (χ2n) is 8.51. The van der Waals surface area contributed by atoms with Crippen molar-refractivity contribution in [3.8, 4) is 0 Å². The number of fused-ring (bicyclic) bond motifs is 1. The molecule has 3 aliphatic rings.